The van der Waals surface area contributed by atoms with Gasteiger partial charge in [-0.25, -0.2) is 8.42 Å². The van der Waals surface area contributed by atoms with Crippen LogP contribution < -0.4 is 0 Å². The van der Waals surface area contributed by atoms with Crippen molar-refractivity contribution in [2.24, 2.45) is 0 Å². The maximum atomic E-state index is 10.9. The molecule has 96 valence electrons. The summed E-state index contributed by atoms with van der Waals surface area (Å²) in [6.45, 7) is 5.04. The molecular formula is C10H21NO4S. The highest BCUT2D eigenvalue weighted by atomic mass is 32.2. The topological polar surface area (TPSA) is 74.7 Å². The zero-order valence-corrected chi connectivity index (χ0v) is 11.0. The van der Waals surface area contributed by atoms with Crippen LogP contribution in [0.4, 0.5) is 0 Å². The SMILES string of the molecule is CC(C)N(CCCS(C)(=O)=O)CCC(=O)O. The first-order chi connectivity index (χ1) is 7.22. The van der Waals surface area contributed by atoms with Crippen LogP contribution in [0.1, 0.15) is 26.7 Å². The monoisotopic (exact) mass is 251 g/mol. The van der Waals surface area contributed by atoms with Gasteiger partial charge in [0.2, 0.25) is 0 Å². The molecule has 0 radical (unpaired) electrons. The van der Waals surface area contributed by atoms with Crippen LogP contribution >= 0.6 is 0 Å². The quantitative estimate of drug-likeness (QED) is 0.684. The van der Waals surface area contributed by atoms with Crippen molar-refractivity contribution < 1.29 is 18.3 Å². The summed E-state index contributed by atoms with van der Waals surface area (Å²) in [5, 5.41) is 8.58. The van der Waals surface area contributed by atoms with E-state index in [0.29, 0.717) is 19.5 Å². The van der Waals surface area contributed by atoms with E-state index in [1.165, 1.54) is 6.26 Å². The van der Waals surface area contributed by atoms with E-state index < -0.39 is 15.8 Å². The minimum absolute atomic E-state index is 0.0943. The first kappa shape index (κ1) is 15.4. The van der Waals surface area contributed by atoms with Crippen LogP contribution in [0, 0.1) is 0 Å². The third-order valence-electron chi connectivity index (χ3n) is 2.30. The Labute approximate surface area is 97.4 Å². The van der Waals surface area contributed by atoms with Crippen molar-refractivity contribution in [2.45, 2.75) is 32.7 Å². The summed E-state index contributed by atoms with van der Waals surface area (Å²) in [6.07, 6.45) is 1.86. The highest BCUT2D eigenvalue weighted by molar-refractivity contribution is 7.90. The zero-order chi connectivity index (χ0) is 12.8. The molecule has 0 spiro atoms. The Bertz CT molecular complexity index is 311. The van der Waals surface area contributed by atoms with Gasteiger partial charge < -0.3 is 10.0 Å². The molecule has 1 N–H and O–H groups in total. The highest BCUT2D eigenvalue weighted by Crippen LogP contribution is 2.02. The van der Waals surface area contributed by atoms with E-state index in [0.717, 1.165) is 0 Å². The minimum atomic E-state index is -2.92. The van der Waals surface area contributed by atoms with Crippen molar-refractivity contribution in [3.05, 3.63) is 0 Å². The number of hydrogen-bond donors (Lipinski definition) is 1. The van der Waals surface area contributed by atoms with E-state index in [4.69, 9.17) is 5.11 Å². The molecule has 0 aromatic rings. The zero-order valence-electron chi connectivity index (χ0n) is 10.1. The van der Waals surface area contributed by atoms with E-state index >= 15 is 0 Å². The van der Waals surface area contributed by atoms with Crippen molar-refractivity contribution >= 4 is 15.8 Å². The number of carboxylic acids is 1. The van der Waals surface area contributed by atoms with Crippen LogP contribution in [-0.2, 0) is 14.6 Å². The second-order valence-electron chi connectivity index (χ2n) is 4.26. The van der Waals surface area contributed by atoms with Gasteiger partial charge in [-0.2, -0.15) is 0 Å². The molecule has 0 bridgehead atoms. The summed E-state index contributed by atoms with van der Waals surface area (Å²) in [6, 6.07) is 0.235. The Morgan fingerprint density at radius 1 is 1.31 bits per heavy atom. The summed E-state index contributed by atoms with van der Waals surface area (Å²) < 4.78 is 21.9. The second kappa shape index (κ2) is 6.85. The van der Waals surface area contributed by atoms with Crippen LogP contribution in [0.3, 0.4) is 0 Å². The third kappa shape index (κ3) is 8.67. The van der Waals surface area contributed by atoms with Gasteiger partial charge in [-0.15, -0.1) is 0 Å². The molecule has 6 heteroatoms. The minimum Gasteiger partial charge on any atom is -0.481 e. The van der Waals surface area contributed by atoms with Gasteiger partial charge in [0.15, 0.2) is 0 Å². The Morgan fingerprint density at radius 2 is 1.88 bits per heavy atom. The predicted octanol–water partition coefficient (Wildman–Crippen LogP) is 0.606. The molecule has 5 nitrogen and oxygen atoms in total. The molecule has 0 aliphatic heterocycles. The lowest BCUT2D eigenvalue weighted by Gasteiger charge is -2.25. The Kier molecular flexibility index (Phi) is 6.59. The highest BCUT2D eigenvalue weighted by Gasteiger charge is 2.12. The molecule has 0 aromatic heterocycles. The van der Waals surface area contributed by atoms with Crippen molar-refractivity contribution in [3.63, 3.8) is 0 Å². The van der Waals surface area contributed by atoms with Crippen molar-refractivity contribution in [2.75, 3.05) is 25.1 Å². The lowest BCUT2D eigenvalue weighted by molar-refractivity contribution is -0.137. The van der Waals surface area contributed by atoms with Crippen LogP contribution in [0.2, 0.25) is 0 Å². The Morgan fingerprint density at radius 3 is 2.25 bits per heavy atom. The number of hydrogen-bond acceptors (Lipinski definition) is 4. The molecule has 0 aromatic carbocycles. The van der Waals surface area contributed by atoms with E-state index in [9.17, 15) is 13.2 Å². The molecule has 0 rings (SSSR count). The third-order valence-corrected chi connectivity index (χ3v) is 3.33. The van der Waals surface area contributed by atoms with Gasteiger partial charge in [-0.05, 0) is 26.8 Å². The fourth-order valence-electron chi connectivity index (χ4n) is 1.40. The van der Waals surface area contributed by atoms with Gasteiger partial charge in [-0.1, -0.05) is 0 Å². The van der Waals surface area contributed by atoms with Crippen LogP contribution in [0.25, 0.3) is 0 Å². The summed E-state index contributed by atoms with van der Waals surface area (Å²) in [7, 11) is -2.92. The Hall–Kier alpha value is -0.620. The molecule has 0 amide bonds. The summed E-state index contributed by atoms with van der Waals surface area (Å²) in [4.78, 5) is 12.4. The van der Waals surface area contributed by atoms with Gasteiger partial charge in [0.25, 0.3) is 0 Å². The summed E-state index contributed by atoms with van der Waals surface area (Å²) in [5.74, 6) is -0.669. The number of carbonyl (C=O) groups is 1. The first-order valence-electron chi connectivity index (χ1n) is 5.36. The fourth-order valence-corrected chi connectivity index (χ4v) is 2.05. The largest absolute Gasteiger partial charge is 0.481 e. The molecule has 0 aliphatic carbocycles. The lowest BCUT2D eigenvalue weighted by Crippen LogP contribution is -2.34. The van der Waals surface area contributed by atoms with Crippen LogP contribution in [0.5, 0.6) is 0 Å². The number of nitrogens with zero attached hydrogens (tertiary/aromatic N) is 1. The summed E-state index contributed by atoms with van der Waals surface area (Å²) >= 11 is 0. The molecule has 0 fully saturated rings. The Balaban J connectivity index is 4.00. The second-order valence-corrected chi connectivity index (χ2v) is 6.52. The normalized spacial score (nSPS) is 12.3. The van der Waals surface area contributed by atoms with E-state index in [2.05, 4.69) is 0 Å². The molecule has 0 unspecified atom stereocenters. The van der Waals surface area contributed by atoms with E-state index in [-0.39, 0.29) is 18.2 Å². The lowest BCUT2D eigenvalue weighted by atomic mass is 10.2. The van der Waals surface area contributed by atoms with Gasteiger partial charge >= 0.3 is 5.97 Å². The number of sulfone groups is 1. The smallest absolute Gasteiger partial charge is 0.304 e. The van der Waals surface area contributed by atoms with Crippen LogP contribution in [-0.4, -0.2) is 55.5 Å². The predicted molar refractivity (Wildman–Crippen MR) is 63.3 cm³/mol. The average molecular weight is 251 g/mol. The van der Waals surface area contributed by atoms with Crippen molar-refractivity contribution in [1.82, 2.24) is 4.90 Å². The molecule has 0 aliphatic rings. The van der Waals surface area contributed by atoms with Gasteiger partial charge in [0.05, 0.1) is 12.2 Å². The fraction of sp³-hybridized carbons (Fsp3) is 0.900. The molecule has 16 heavy (non-hydrogen) atoms. The molecule has 0 saturated heterocycles. The number of carboxylic acid groups (broad SMARTS) is 1. The van der Waals surface area contributed by atoms with E-state index in [1.54, 1.807) is 0 Å². The number of rotatable bonds is 8. The standard InChI is InChI=1S/C10H21NO4S/c1-9(2)11(7-5-10(12)13)6-4-8-16(3,14)15/h9H,4-8H2,1-3H3,(H,12,13). The molecular weight excluding hydrogens is 230 g/mol. The van der Waals surface area contributed by atoms with Crippen LogP contribution in [0.15, 0.2) is 0 Å². The van der Waals surface area contributed by atoms with E-state index in [1.807, 2.05) is 18.7 Å². The maximum absolute atomic E-state index is 10.9. The molecule has 0 atom stereocenters. The van der Waals surface area contributed by atoms with Gasteiger partial charge in [0, 0.05) is 18.8 Å². The van der Waals surface area contributed by atoms with Gasteiger partial charge in [-0.3, -0.25) is 4.79 Å². The van der Waals surface area contributed by atoms with Crippen molar-refractivity contribution in [1.29, 1.82) is 0 Å². The van der Waals surface area contributed by atoms with Crippen molar-refractivity contribution in [3.8, 4) is 0 Å². The molecule has 0 saturated carbocycles. The van der Waals surface area contributed by atoms with Gasteiger partial charge in [0.1, 0.15) is 9.84 Å². The maximum Gasteiger partial charge on any atom is 0.304 e. The number of aliphatic carboxylic acids is 1. The molecule has 0 heterocycles. The first-order valence-corrected chi connectivity index (χ1v) is 7.42. The average Bonchev–Trinajstić information content (AvgIpc) is 2.07. The summed E-state index contributed by atoms with van der Waals surface area (Å²) in [5.41, 5.74) is 0.